The highest BCUT2D eigenvalue weighted by atomic mass is 35.5. The second-order valence-corrected chi connectivity index (χ2v) is 5.72. The quantitative estimate of drug-likeness (QED) is 0.668. The number of nitrogens with one attached hydrogen (secondary N) is 3. The largest absolute Gasteiger partial charge is 0.326 e. The third-order valence-electron chi connectivity index (χ3n) is 2.98. The van der Waals surface area contributed by atoms with Crippen LogP contribution in [-0.2, 0) is 4.79 Å². The van der Waals surface area contributed by atoms with Crippen molar-refractivity contribution in [1.29, 1.82) is 0 Å². The molecule has 5 nitrogen and oxygen atoms in total. The first-order valence-corrected chi connectivity index (χ1v) is 7.96. The fourth-order valence-electron chi connectivity index (χ4n) is 1.92. The molecule has 124 valence electrons. The first kappa shape index (κ1) is 19.2. The summed E-state index contributed by atoms with van der Waals surface area (Å²) >= 11 is 1.39. The minimum Gasteiger partial charge on any atom is -0.326 e. The van der Waals surface area contributed by atoms with Crippen LogP contribution in [0.25, 0.3) is 0 Å². The average Bonchev–Trinajstić information content (AvgIpc) is 3.02. The van der Waals surface area contributed by atoms with Gasteiger partial charge in [0.05, 0.1) is 4.88 Å². The Bertz CT molecular complexity index is 632. The number of amides is 2. The number of rotatable bonds is 7. The van der Waals surface area contributed by atoms with Gasteiger partial charge in [-0.1, -0.05) is 12.1 Å². The number of halogens is 1. The summed E-state index contributed by atoms with van der Waals surface area (Å²) in [5.41, 5.74) is 1.34. The molecule has 0 aliphatic heterocycles. The number of thiophene rings is 1. The maximum absolute atomic E-state index is 12.0. The van der Waals surface area contributed by atoms with Crippen molar-refractivity contribution in [2.75, 3.05) is 24.2 Å². The molecule has 0 saturated carbocycles. The maximum atomic E-state index is 12.0. The van der Waals surface area contributed by atoms with Gasteiger partial charge in [0.2, 0.25) is 5.91 Å². The number of anilines is 2. The summed E-state index contributed by atoms with van der Waals surface area (Å²) in [6.45, 7) is 0.810. The molecule has 0 aliphatic rings. The molecular weight excluding hydrogens is 334 g/mol. The van der Waals surface area contributed by atoms with Crippen LogP contribution in [0.2, 0.25) is 0 Å². The number of hydrogen-bond donors (Lipinski definition) is 3. The Hall–Kier alpha value is -1.89. The summed E-state index contributed by atoms with van der Waals surface area (Å²) in [7, 11) is 1.86. The Morgan fingerprint density at radius 3 is 2.48 bits per heavy atom. The molecule has 1 heterocycles. The minimum absolute atomic E-state index is 0. The van der Waals surface area contributed by atoms with Gasteiger partial charge >= 0.3 is 0 Å². The molecule has 0 aliphatic carbocycles. The average molecular weight is 354 g/mol. The SMILES string of the molecule is CNCCCC(=O)Nc1cccc(NC(=O)c2cccs2)c1.Cl. The molecule has 0 spiro atoms. The van der Waals surface area contributed by atoms with E-state index in [4.69, 9.17) is 0 Å². The van der Waals surface area contributed by atoms with E-state index < -0.39 is 0 Å². The van der Waals surface area contributed by atoms with Crippen molar-refractivity contribution in [3.05, 3.63) is 46.7 Å². The third-order valence-corrected chi connectivity index (χ3v) is 3.85. The molecule has 0 fully saturated rings. The van der Waals surface area contributed by atoms with Crippen molar-refractivity contribution in [2.24, 2.45) is 0 Å². The highest BCUT2D eigenvalue weighted by molar-refractivity contribution is 7.12. The molecule has 23 heavy (non-hydrogen) atoms. The Morgan fingerprint density at radius 2 is 1.83 bits per heavy atom. The summed E-state index contributed by atoms with van der Waals surface area (Å²) in [5, 5.41) is 10.5. The van der Waals surface area contributed by atoms with Crippen LogP contribution < -0.4 is 16.0 Å². The smallest absolute Gasteiger partial charge is 0.265 e. The molecule has 1 aromatic heterocycles. The fourth-order valence-corrected chi connectivity index (χ4v) is 2.54. The second kappa shape index (κ2) is 9.99. The van der Waals surface area contributed by atoms with Crippen molar-refractivity contribution in [3.63, 3.8) is 0 Å². The Labute approximate surface area is 145 Å². The number of hydrogen-bond acceptors (Lipinski definition) is 4. The van der Waals surface area contributed by atoms with Crippen LogP contribution in [0.5, 0.6) is 0 Å². The molecule has 2 rings (SSSR count). The van der Waals surface area contributed by atoms with Gasteiger partial charge < -0.3 is 16.0 Å². The highest BCUT2D eigenvalue weighted by Gasteiger charge is 2.08. The molecule has 2 aromatic rings. The first-order chi connectivity index (χ1) is 10.7. The van der Waals surface area contributed by atoms with Gasteiger partial charge in [0.15, 0.2) is 0 Å². The van der Waals surface area contributed by atoms with Crippen LogP contribution in [0.3, 0.4) is 0 Å². The van der Waals surface area contributed by atoms with Crippen LogP contribution in [-0.4, -0.2) is 25.4 Å². The van der Waals surface area contributed by atoms with E-state index in [1.807, 2.05) is 18.5 Å². The molecule has 0 saturated heterocycles. The number of benzene rings is 1. The lowest BCUT2D eigenvalue weighted by Crippen LogP contribution is -2.15. The third kappa shape index (κ3) is 6.40. The van der Waals surface area contributed by atoms with Crippen LogP contribution in [0.4, 0.5) is 11.4 Å². The standard InChI is InChI=1S/C16H19N3O2S.ClH/c1-17-9-3-8-15(20)18-12-5-2-6-13(11-12)19-16(21)14-7-4-10-22-14;/h2,4-7,10-11,17H,3,8-9H2,1H3,(H,18,20)(H,19,21);1H. The zero-order valence-corrected chi connectivity index (χ0v) is 14.4. The van der Waals surface area contributed by atoms with Gasteiger partial charge in [-0.25, -0.2) is 0 Å². The summed E-state index contributed by atoms with van der Waals surface area (Å²) in [6.07, 6.45) is 1.25. The van der Waals surface area contributed by atoms with Crippen molar-refractivity contribution >= 4 is 46.9 Å². The van der Waals surface area contributed by atoms with E-state index in [9.17, 15) is 9.59 Å². The van der Waals surface area contributed by atoms with Gasteiger partial charge in [-0.15, -0.1) is 23.7 Å². The molecule has 7 heteroatoms. The lowest BCUT2D eigenvalue weighted by atomic mass is 10.2. The topological polar surface area (TPSA) is 70.2 Å². The van der Waals surface area contributed by atoms with Crippen LogP contribution >= 0.6 is 23.7 Å². The van der Waals surface area contributed by atoms with Crippen molar-refractivity contribution < 1.29 is 9.59 Å². The summed E-state index contributed by atoms with van der Waals surface area (Å²) < 4.78 is 0. The van der Waals surface area contributed by atoms with Crippen LogP contribution in [0, 0.1) is 0 Å². The highest BCUT2D eigenvalue weighted by Crippen LogP contribution is 2.17. The Balaban J connectivity index is 0.00000264. The second-order valence-electron chi connectivity index (χ2n) is 4.77. The van der Waals surface area contributed by atoms with Crippen molar-refractivity contribution in [1.82, 2.24) is 5.32 Å². The molecule has 3 N–H and O–H groups in total. The fraction of sp³-hybridized carbons (Fsp3) is 0.250. The zero-order valence-electron chi connectivity index (χ0n) is 12.8. The summed E-state index contributed by atoms with van der Waals surface area (Å²) in [5.74, 6) is -0.176. The van der Waals surface area contributed by atoms with Gasteiger partial charge in [0, 0.05) is 17.8 Å². The minimum atomic E-state index is -0.146. The van der Waals surface area contributed by atoms with Crippen molar-refractivity contribution in [3.8, 4) is 0 Å². The van der Waals surface area contributed by atoms with E-state index in [1.165, 1.54) is 11.3 Å². The predicted octanol–water partition coefficient (Wildman–Crippen LogP) is 3.36. The van der Waals surface area contributed by atoms with E-state index >= 15 is 0 Å². The lowest BCUT2D eigenvalue weighted by molar-refractivity contribution is -0.116. The van der Waals surface area contributed by atoms with E-state index in [1.54, 1.807) is 30.3 Å². The van der Waals surface area contributed by atoms with Gasteiger partial charge in [-0.2, -0.15) is 0 Å². The molecule has 2 amide bonds. The molecule has 0 bridgehead atoms. The van der Waals surface area contributed by atoms with Gasteiger partial charge in [-0.3, -0.25) is 9.59 Å². The molecule has 1 aromatic carbocycles. The molecule has 0 unspecified atom stereocenters. The molecular formula is C16H20ClN3O2S. The van der Waals surface area contributed by atoms with E-state index in [0.29, 0.717) is 22.7 Å². The zero-order chi connectivity index (χ0) is 15.8. The van der Waals surface area contributed by atoms with Crippen molar-refractivity contribution in [2.45, 2.75) is 12.8 Å². The van der Waals surface area contributed by atoms with Crippen LogP contribution in [0.1, 0.15) is 22.5 Å². The lowest BCUT2D eigenvalue weighted by Gasteiger charge is -2.08. The van der Waals surface area contributed by atoms with Gasteiger partial charge in [-0.05, 0) is 49.7 Å². The molecule has 0 atom stereocenters. The monoisotopic (exact) mass is 353 g/mol. The van der Waals surface area contributed by atoms with Gasteiger partial charge in [0.1, 0.15) is 0 Å². The van der Waals surface area contributed by atoms with E-state index in [-0.39, 0.29) is 24.2 Å². The summed E-state index contributed by atoms with van der Waals surface area (Å²) in [4.78, 5) is 24.4. The normalized spacial score (nSPS) is 9.78. The van der Waals surface area contributed by atoms with E-state index in [0.717, 1.165) is 13.0 Å². The maximum Gasteiger partial charge on any atom is 0.265 e. The summed E-state index contributed by atoms with van der Waals surface area (Å²) in [6, 6.07) is 10.8. The number of carbonyl (C=O) groups excluding carboxylic acids is 2. The molecule has 0 radical (unpaired) electrons. The Kier molecular flexibility index (Phi) is 8.32. The van der Waals surface area contributed by atoms with Gasteiger partial charge in [0.25, 0.3) is 5.91 Å². The first-order valence-electron chi connectivity index (χ1n) is 7.08. The predicted molar refractivity (Wildman–Crippen MR) is 97.8 cm³/mol. The van der Waals surface area contributed by atoms with Crippen LogP contribution in [0.15, 0.2) is 41.8 Å². The Morgan fingerprint density at radius 1 is 1.09 bits per heavy atom. The van der Waals surface area contributed by atoms with E-state index in [2.05, 4.69) is 16.0 Å². The number of carbonyl (C=O) groups is 2.